The second-order valence-electron chi connectivity index (χ2n) is 23.4. The van der Waals surface area contributed by atoms with Crippen molar-refractivity contribution in [3.8, 4) is 16.9 Å². The third-order valence-corrected chi connectivity index (χ3v) is 13.5. The Morgan fingerprint density at radius 2 is 1.19 bits per heavy atom. The van der Waals surface area contributed by atoms with Crippen molar-refractivity contribution in [3.63, 3.8) is 0 Å². The van der Waals surface area contributed by atoms with Gasteiger partial charge in [-0.15, -0.1) is 28.9 Å². The first-order valence-electron chi connectivity index (χ1n) is 25.0. The number of ether oxygens (including phenoxy) is 1. The van der Waals surface area contributed by atoms with Crippen LogP contribution in [0.5, 0.6) is 0 Å². The van der Waals surface area contributed by atoms with Crippen LogP contribution in [0.25, 0.3) is 38.8 Å². The maximum Gasteiger partial charge on any atom is 0.468 e. The quantitative estimate of drug-likeness (QED) is 0.105. The molecule has 1 saturated heterocycles. The Balaban J connectivity index is 0.00000640. The van der Waals surface area contributed by atoms with Gasteiger partial charge in [-0.1, -0.05) is 161 Å². The van der Waals surface area contributed by atoms with E-state index in [1.54, 1.807) is 0 Å². The Kier molecular flexibility index (Phi) is 14.2. The fourth-order valence-electron chi connectivity index (χ4n) is 9.52. The molecule has 12 heteroatoms. The van der Waals surface area contributed by atoms with Gasteiger partial charge in [0, 0.05) is 74.1 Å². The van der Waals surface area contributed by atoms with Crippen molar-refractivity contribution < 1.29 is 39.5 Å². The molecular weight excluding hydrogens is 1070 g/mol. The molecule has 370 valence electrons. The average Bonchev–Trinajstić information content (AvgIpc) is 3.89. The number of rotatable bonds is 9. The van der Waals surface area contributed by atoms with Crippen LogP contribution in [0.1, 0.15) is 105 Å². The van der Waals surface area contributed by atoms with Gasteiger partial charge >= 0.3 is 21.4 Å². The van der Waals surface area contributed by atoms with Crippen molar-refractivity contribution in [3.05, 3.63) is 181 Å². The Morgan fingerprint density at radius 1 is 0.583 bits per heavy atom. The van der Waals surface area contributed by atoms with Crippen LogP contribution >= 0.6 is 0 Å². The van der Waals surface area contributed by atoms with Crippen molar-refractivity contribution in [2.24, 2.45) is 0 Å². The van der Waals surface area contributed by atoms with E-state index in [1.807, 2.05) is 24.4 Å². The molecule has 1 fully saturated rings. The van der Waals surface area contributed by atoms with E-state index >= 15 is 0 Å². The number of fused-ring (bicyclic) bond motifs is 4. The number of nitrogens with zero attached hydrogens (tertiary/aromatic N) is 4. The summed E-state index contributed by atoms with van der Waals surface area (Å²) in [5.41, 5.74) is 13.4. The topological polar surface area (TPSA) is 61.2 Å². The van der Waals surface area contributed by atoms with Crippen molar-refractivity contribution in [2.45, 2.75) is 118 Å². The van der Waals surface area contributed by atoms with Gasteiger partial charge in [-0.2, -0.15) is 42.5 Å². The van der Waals surface area contributed by atoms with E-state index in [1.165, 1.54) is 16.5 Å². The van der Waals surface area contributed by atoms with E-state index in [2.05, 4.69) is 232 Å². The van der Waals surface area contributed by atoms with Gasteiger partial charge in [0.25, 0.3) is 0 Å². The summed E-state index contributed by atoms with van der Waals surface area (Å²) in [4.78, 5) is 9.24. The van der Waals surface area contributed by atoms with Gasteiger partial charge in [-0.05, 0) is 73.9 Å². The van der Waals surface area contributed by atoms with Crippen LogP contribution in [0, 0.1) is 18.8 Å². The van der Waals surface area contributed by atoms with E-state index in [9.17, 15) is 0 Å². The molecule has 0 unspecified atom stereocenters. The Hall–Kier alpha value is -5.41. The van der Waals surface area contributed by atoms with Crippen LogP contribution in [-0.2, 0) is 63.6 Å². The van der Waals surface area contributed by atoms with Gasteiger partial charge in [-0.3, -0.25) is 0 Å². The van der Waals surface area contributed by atoms with Crippen LogP contribution in [0.3, 0.4) is 0 Å². The second kappa shape index (κ2) is 19.8. The summed E-state index contributed by atoms with van der Waals surface area (Å²) >= 11 is 0. The molecule has 0 amide bonds. The molecule has 72 heavy (non-hydrogen) atoms. The van der Waals surface area contributed by atoms with Crippen molar-refractivity contribution in [1.82, 2.24) is 9.55 Å². The molecule has 0 N–H and O–H groups in total. The maximum absolute atomic E-state index is 6.93. The summed E-state index contributed by atoms with van der Waals surface area (Å²) in [7, 11) is -1.75. The zero-order valence-corrected chi connectivity index (χ0v) is 46.0. The third-order valence-electron chi connectivity index (χ3n) is 13.5. The van der Waals surface area contributed by atoms with Crippen LogP contribution in [0.4, 0.5) is 22.7 Å². The summed E-state index contributed by atoms with van der Waals surface area (Å²) in [5, 5.41) is 1.67. The molecule has 2 aliphatic rings. The minimum atomic E-state index is -0.724. The monoisotopic (exact) mass is 1130 g/mol. The number of hydrogen-bond donors (Lipinski definition) is 0. The predicted octanol–water partition coefficient (Wildman–Crippen LogP) is 14.5. The number of anilines is 4. The number of hydrogen-bond acceptors (Lipinski definition) is 7. The van der Waals surface area contributed by atoms with E-state index in [4.69, 9.17) is 23.4 Å². The number of para-hydroxylation sites is 4. The first-order chi connectivity index (χ1) is 33.7. The largest absolute Gasteiger partial charge is 0.493 e. The van der Waals surface area contributed by atoms with Crippen LogP contribution in [0.2, 0.25) is 10.6 Å². The summed E-state index contributed by atoms with van der Waals surface area (Å²) in [6, 6.07) is 54.6. The first kappa shape index (κ1) is 51.5. The molecule has 0 bridgehead atoms. The van der Waals surface area contributed by atoms with Gasteiger partial charge < -0.3 is 32.8 Å². The SMILES string of the molecule is CC(C)(C)B1OB(c2cccc(-c3cc(C(C)(C)C)cc(C(C)(C)C)c3)c2N2[CH-]N(c3[c-]c(COCc4[c-]c5c(cc4)c4ccccc4n5-c4ccccn4)ccc3)c3ccccc32)OB(C(C)(C)C)O1.[Pt]. The van der Waals surface area contributed by atoms with Crippen molar-refractivity contribution in [1.29, 1.82) is 0 Å². The standard InChI is InChI=1S/C60H64B3N4O4.Pt/c1-57(2,3)44-35-43(36-45(37-44)58(4,5)6)47-24-20-25-50(61-69-62(59(7,8)9)71-63(70-61)60(10,11)12)56(47)66-40-65(52-27-15-16-28-53(52)66)46-22-19-21-41(33-46)38-68-39-42-30-31-49-48-23-13-14-26-51(48)67(54(49)34-42)55-29-17-18-32-64-55;/h13-32,35-37,40H,38-39H2,1-12H3;/q-3;. The molecule has 0 saturated carbocycles. The van der Waals surface area contributed by atoms with E-state index in [-0.39, 0.29) is 42.5 Å². The molecule has 4 heterocycles. The molecule has 0 spiro atoms. The number of pyridine rings is 1. The summed E-state index contributed by atoms with van der Waals surface area (Å²) in [6.45, 7) is 29.6. The van der Waals surface area contributed by atoms with E-state index in [0.717, 1.165) is 72.7 Å². The number of aromatic nitrogens is 2. The smallest absolute Gasteiger partial charge is 0.468 e. The molecule has 0 atom stereocenters. The molecule has 2 aliphatic heterocycles. The Morgan fingerprint density at radius 3 is 1.83 bits per heavy atom. The third kappa shape index (κ3) is 10.3. The van der Waals surface area contributed by atoms with Gasteiger partial charge in [-0.25, -0.2) is 4.98 Å². The first-order valence-corrected chi connectivity index (χ1v) is 25.0. The molecule has 8 nitrogen and oxygen atoms in total. The molecule has 2 aromatic heterocycles. The summed E-state index contributed by atoms with van der Waals surface area (Å²) in [6.07, 6.45) is 1.83. The van der Waals surface area contributed by atoms with Crippen LogP contribution in [0.15, 0.2) is 140 Å². The van der Waals surface area contributed by atoms with Crippen LogP contribution in [-0.4, -0.2) is 30.9 Å². The molecule has 0 radical (unpaired) electrons. The molecule has 10 rings (SSSR count). The van der Waals surface area contributed by atoms with Crippen LogP contribution < -0.4 is 15.3 Å². The fraction of sp³-hybridized carbons (Fsp3) is 0.300. The van der Waals surface area contributed by atoms with Gasteiger partial charge in [0.2, 0.25) is 0 Å². The Bertz CT molecular complexity index is 3190. The van der Waals surface area contributed by atoms with Crippen molar-refractivity contribution in [2.75, 3.05) is 9.80 Å². The zero-order chi connectivity index (χ0) is 50.0. The Labute approximate surface area is 443 Å². The average molecular weight is 1130 g/mol. The summed E-state index contributed by atoms with van der Waals surface area (Å²) < 4.78 is 29.1. The van der Waals surface area contributed by atoms with Gasteiger partial charge in [0.05, 0.1) is 0 Å². The number of benzene rings is 6. The van der Waals surface area contributed by atoms with E-state index < -0.39 is 21.4 Å². The zero-order valence-electron chi connectivity index (χ0n) is 43.7. The summed E-state index contributed by atoms with van der Waals surface area (Å²) in [5.74, 6) is 0.857. The molecule has 8 aromatic rings. The molecular formula is C60H64B3N4O4Pt-3. The fourth-order valence-corrected chi connectivity index (χ4v) is 9.52. The molecule has 0 aliphatic carbocycles. The van der Waals surface area contributed by atoms with E-state index in [0.29, 0.717) is 13.2 Å². The minimum absolute atomic E-state index is 0. The van der Waals surface area contributed by atoms with Crippen molar-refractivity contribution >= 4 is 71.4 Å². The molecule has 6 aromatic carbocycles. The predicted molar refractivity (Wildman–Crippen MR) is 295 cm³/mol. The second-order valence-corrected chi connectivity index (χ2v) is 23.4. The van der Waals surface area contributed by atoms with Gasteiger partial charge in [0.1, 0.15) is 5.82 Å². The van der Waals surface area contributed by atoms with Gasteiger partial charge in [0.15, 0.2) is 0 Å². The minimum Gasteiger partial charge on any atom is -0.493 e. The maximum atomic E-state index is 6.93. The normalized spacial score (nSPS) is 14.6.